The van der Waals surface area contributed by atoms with E-state index in [9.17, 15) is 0 Å². The minimum Gasteiger partial charge on any atom is -0.323 e. The maximum absolute atomic E-state index is 2.75. The SMILES string of the molecule is CNC.[Ge]. The molecule has 24 valence electrons. The van der Waals surface area contributed by atoms with E-state index in [4.69, 9.17) is 0 Å². The molecule has 0 fully saturated rings. The van der Waals surface area contributed by atoms with Crippen LogP contribution in [0, 0.1) is 0 Å². The molecule has 1 nitrogen and oxygen atoms in total. The van der Waals surface area contributed by atoms with Crippen LogP contribution in [0.5, 0.6) is 0 Å². The van der Waals surface area contributed by atoms with Gasteiger partial charge in [0.1, 0.15) is 0 Å². The molecule has 0 rings (SSSR count). The van der Waals surface area contributed by atoms with Crippen LogP contribution >= 0.6 is 0 Å². The Morgan fingerprint density at radius 1 is 1.25 bits per heavy atom. The standard InChI is InChI=1S/C2H7N.Ge/c1-3-2;/h3H,1-2H3;. The summed E-state index contributed by atoms with van der Waals surface area (Å²) < 4.78 is 0. The van der Waals surface area contributed by atoms with Gasteiger partial charge in [0.15, 0.2) is 0 Å². The summed E-state index contributed by atoms with van der Waals surface area (Å²) >= 11 is 0. The molecule has 0 aliphatic rings. The van der Waals surface area contributed by atoms with Crippen LogP contribution in [0.1, 0.15) is 0 Å². The third-order valence-corrected chi connectivity index (χ3v) is 0. The van der Waals surface area contributed by atoms with Gasteiger partial charge in [-0.05, 0) is 14.1 Å². The molecule has 0 spiro atoms. The van der Waals surface area contributed by atoms with E-state index in [1.807, 2.05) is 14.1 Å². The Morgan fingerprint density at radius 2 is 1.25 bits per heavy atom. The number of hydrogen-bond acceptors (Lipinski definition) is 1. The van der Waals surface area contributed by atoms with Gasteiger partial charge in [0.2, 0.25) is 0 Å². The number of rotatable bonds is 0. The molecule has 0 aromatic rings. The summed E-state index contributed by atoms with van der Waals surface area (Å²) in [5.41, 5.74) is 0. The molecule has 0 atom stereocenters. The second-order valence-electron chi connectivity index (χ2n) is 0.500. The Kier molecular flexibility index (Phi) is 21.4. The Bertz CT molecular complexity index is 6.00. The fourth-order valence-electron chi connectivity index (χ4n) is 0. The summed E-state index contributed by atoms with van der Waals surface area (Å²) in [7, 11) is 3.75. The monoisotopic (exact) mass is 119 g/mol. The van der Waals surface area contributed by atoms with Crippen molar-refractivity contribution in [2.75, 3.05) is 14.1 Å². The molecule has 0 bridgehead atoms. The van der Waals surface area contributed by atoms with Gasteiger partial charge in [0.25, 0.3) is 0 Å². The second-order valence-corrected chi connectivity index (χ2v) is 0.500. The second kappa shape index (κ2) is 9.72. The Morgan fingerprint density at radius 3 is 1.25 bits per heavy atom. The minimum atomic E-state index is 0. The molecule has 0 aliphatic carbocycles. The van der Waals surface area contributed by atoms with E-state index in [1.54, 1.807) is 0 Å². The topological polar surface area (TPSA) is 12.0 Å². The molecule has 0 saturated carbocycles. The smallest absolute Gasteiger partial charge is 0 e. The van der Waals surface area contributed by atoms with Crippen LogP contribution in [-0.2, 0) is 0 Å². The van der Waals surface area contributed by atoms with Crippen molar-refractivity contribution in [2.24, 2.45) is 0 Å². The van der Waals surface area contributed by atoms with Crippen LogP contribution < -0.4 is 5.32 Å². The first kappa shape index (κ1) is 8.82. The Balaban J connectivity index is 0. The average Bonchev–Trinajstić information content (AvgIpc) is 0.918. The van der Waals surface area contributed by atoms with E-state index in [0.717, 1.165) is 0 Å². The van der Waals surface area contributed by atoms with Crippen LogP contribution in [-0.4, -0.2) is 31.7 Å². The van der Waals surface area contributed by atoms with E-state index < -0.39 is 0 Å². The van der Waals surface area contributed by atoms with Crippen LogP contribution in [0.2, 0.25) is 0 Å². The van der Waals surface area contributed by atoms with E-state index in [2.05, 4.69) is 5.32 Å². The van der Waals surface area contributed by atoms with Gasteiger partial charge in [-0.3, -0.25) is 0 Å². The quantitative estimate of drug-likeness (QED) is 0.420. The minimum absolute atomic E-state index is 0. The third kappa shape index (κ3) is 22.4. The van der Waals surface area contributed by atoms with Crippen molar-refractivity contribution in [3.05, 3.63) is 0 Å². The average molecular weight is 118 g/mol. The summed E-state index contributed by atoms with van der Waals surface area (Å²) in [6, 6.07) is 0. The van der Waals surface area contributed by atoms with Crippen LogP contribution in [0.15, 0.2) is 0 Å². The predicted molar refractivity (Wildman–Crippen MR) is 20.7 cm³/mol. The van der Waals surface area contributed by atoms with Crippen molar-refractivity contribution in [1.29, 1.82) is 0 Å². The Labute approximate surface area is 37.8 Å². The summed E-state index contributed by atoms with van der Waals surface area (Å²) in [5.74, 6) is 0. The first-order valence-corrected chi connectivity index (χ1v) is 1.00. The summed E-state index contributed by atoms with van der Waals surface area (Å²) in [6.07, 6.45) is 0. The van der Waals surface area contributed by atoms with Gasteiger partial charge in [-0.25, -0.2) is 0 Å². The molecule has 1 N–H and O–H groups in total. The zero-order chi connectivity index (χ0) is 2.71. The van der Waals surface area contributed by atoms with Gasteiger partial charge < -0.3 is 5.32 Å². The van der Waals surface area contributed by atoms with Gasteiger partial charge in [-0.2, -0.15) is 0 Å². The fourth-order valence-corrected chi connectivity index (χ4v) is 0. The number of nitrogens with one attached hydrogen (secondary N) is 1. The molecule has 0 aromatic heterocycles. The normalized spacial score (nSPS) is 4.50. The molecule has 0 heterocycles. The zero-order valence-corrected chi connectivity index (χ0v) is 5.10. The van der Waals surface area contributed by atoms with Gasteiger partial charge in [0.05, 0.1) is 0 Å². The molecule has 0 aromatic carbocycles. The van der Waals surface area contributed by atoms with Crippen molar-refractivity contribution in [3.8, 4) is 0 Å². The van der Waals surface area contributed by atoms with Crippen LogP contribution in [0.25, 0.3) is 0 Å². The third-order valence-electron chi connectivity index (χ3n) is 0. The maximum atomic E-state index is 2.75. The van der Waals surface area contributed by atoms with E-state index in [0.29, 0.717) is 0 Å². The summed E-state index contributed by atoms with van der Waals surface area (Å²) in [4.78, 5) is 0. The molecule has 0 amide bonds. The molecular weight excluding hydrogens is 111 g/mol. The van der Waals surface area contributed by atoms with Crippen molar-refractivity contribution in [2.45, 2.75) is 0 Å². The molecule has 4 radical (unpaired) electrons. The fraction of sp³-hybridized carbons (Fsp3) is 1.00. The van der Waals surface area contributed by atoms with Gasteiger partial charge in [-0.15, -0.1) is 0 Å². The van der Waals surface area contributed by atoms with Gasteiger partial charge >= 0.3 is 0 Å². The molecular formula is C2H7GeN. The van der Waals surface area contributed by atoms with Crippen molar-refractivity contribution < 1.29 is 0 Å². The van der Waals surface area contributed by atoms with Crippen molar-refractivity contribution in [1.82, 2.24) is 5.32 Å². The zero-order valence-electron chi connectivity index (χ0n) is 3.00. The molecule has 2 heteroatoms. The molecule has 0 unspecified atom stereocenters. The summed E-state index contributed by atoms with van der Waals surface area (Å²) in [5, 5.41) is 2.75. The van der Waals surface area contributed by atoms with Gasteiger partial charge in [0, 0.05) is 17.6 Å². The molecule has 0 saturated heterocycles. The van der Waals surface area contributed by atoms with Crippen LogP contribution in [0.3, 0.4) is 0 Å². The van der Waals surface area contributed by atoms with E-state index >= 15 is 0 Å². The summed E-state index contributed by atoms with van der Waals surface area (Å²) in [6.45, 7) is 0. The maximum Gasteiger partial charge on any atom is 0 e. The van der Waals surface area contributed by atoms with Crippen LogP contribution in [0.4, 0.5) is 0 Å². The predicted octanol–water partition coefficient (Wildman–Crippen LogP) is -0.545. The van der Waals surface area contributed by atoms with E-state index in [1.165, 1.54) is 0 Å². The molecule has 4 heavy (non-hydrogen) atoms. The largest absolute Gasteiger partial charge is 0.323 e. The Hall–Kier alpha value is 0.503. The van der Waals surface area contributed by atoms with E-state index in [-0.39, 0.29) is 17.6 Å². The first-order chi connectivity index (χ1) is 1.41. The van der Waals surface area contributed by atoms with Gasteiger partial charge in [-0.1, -0.05) is 0 Å². The van der Waals surface area contributed by atoms with Crippen molar-refractivity contribution >= 4 is 17.6 Å². The molecule has 0 aliphatic heterocycles. The number of hydrogen-bond donors (Lipinski definition) is 1. The first-order valence-electron chi connectivity index (χ1n) is 1.00. The van der Waals surface area contributed by atoms with Crippen molar-refractivity contribution in [3.63, 3.8) is 0 Å².